The van der Waals surface area contributed by atoms with Crippen LogP contribution in [0.25, 0.3) is 0 Å². The number of rotatable bonds is 7. The van der Waals surface area contributed by atoms with Gasteiger partial charge in [0.1, 0.15) is 18.2 Å². The third-order valence-corrected chi connectivity index (χ3v) is 2.22. The molecule has 0 fully saturated rings. The summed E-state index contributed by atoms with van der Waals surface area (Å²) < 4.78 is 0. The van der Waals surface area contributed by atoms with E-state index < -0.39 is 12.0 Å². The second-order valence-corrected chi connectivity index (χ2v) is 4.26. The van der Waals surface area contributed by atoms with Gasteiger partial charge in [-0.05, 0) is 12.3 Å². The largest absolute Gasteiger partial charge is 0.483 e. The first-order valence-electron chi connectivity index (χ1n) is 5.89. The summed E-state index contributed by atoms with van der Waals surface area (Å²) in [5.41, 5.74) is 0. The van der Waals surface area contributed by atoms with Gasteiger partial charge >= 0.3 is 5.97 Å². The van der Waals surface area contributed by atoms with E-state index in [4.69, 9.17) is 15.0 Å². The summed E-state index contributed by atoms with van der Waals surface area (Å²) in [6.45, 7) is 4.35. The summed E-state index contributed by atoms with van der Waals surface area (Å²) >= 11 is 0. The fourth-order valence-electron chi connectivity index (χ4n) is 1.46. The Morgan fingerprint density at radius 2 is 2.21 bits per heavy atom. The fraction of sp³-hybridized carbons (Fsp3) is 0.636. The number of aromatic amines is 1. The number of nitrogens with zero attached hydrogens (tertiary/aromatic N) is 2. The molecule has 1 heterocycles. The fourth-order valence-corrected chi connectivity index (χ4v) is 1.46. The first-order chi connectivity index (χ1) is 9.01. The van der Waals surface area contributed by atoms with Gasteiger partial charge in [0.15, 0.2) is 0 Å². The molecule has 0 amide bonds. The van der Waals surface area contributed by atoms with E-state index in [9.17, 15) is 4.79 Å². The average molecular weight is 272 g/mol. The molecule has 0 aliphatic rings. The molecule has 1 aromatic heterocycles. The molecule has 0 bridgehead atoms. The Kier molecular flexibility index (Phi) is 8.98. The van der Waals surface area contributed by atoms with E-state index in [0.29, 0.717) is 25.3 Å². The standard InChI is InChI=1S/C10H18N4O2.CH2O2/c1-7(2)5-8(10(15)16)11-4-3-9-12-6-13-14-9;2-1-3/h6-8,11H,3-5H2,1-2H3,(H,15,16)(H,12,13,14);1H,(H,2,3). The molecule has 4 N–H and O–H groups in total. The number of hydrogen-bond acceptors (Lipinski definition) is 5. The molecular weight excluding hydrogens is 252 g/mol. The van der Waals surface area contributed by atoms with Gasteiger partial charge in [0.25, 0.3) is 6.47 Å². The molecule has 0 aliphatic carbocycles. The van der Waals surface area contributed by atoms with Crippen LogP contribution in [0, 0.1) is 5.92 Å². The van der Waals surface area contributed by atoms with Crippen LogP contribution in [0.1, 0.15) is 26.1 Å². The van der Waals surface area contributed by atoms with Gasteiger partial charge in [0.05, 0.1) is 0 Å². The maximum atomic E-state index is 10.9. The molecular formula is C11H20N4O4. The van der Waals surface area contributed by atoms with E-state index in [1.807, 2.05) is 13.8 Å². The molecule has 8 heteroatoms. The predicted octanol–water partition coefficient (Wildman–Crippen LogP) is 0.137. The Balaban J connectivity index is 0.000000982. The third kappa shape index (κ3) is 8.72. The Bertz CT molecular complexity index is 354. The van der Waals surface area contributed by atoms with Gasteiger partial charge in [-0.2, -0.15) is 5.10 Å². The first kappa shape index (κ1) is 17.0. The van der Waals surface area contributed by atoms with Gasteiger partial charge in [0, 0.05) is 13.0 Å². The molecule has 0 radical (unpaired) electrons. The van der Waals surface area contributed by atoms with E-state index in [1.165, 1.54) is 6.33 Å². The monoisotopic (exact) mass is 272 g/mol. The van der Waals surface area contributed by atoms with Crippen LogP contribution in [0.2, 0.25) is 0 Å². The summed E-state index contributed by atoms with van der Waals surface area (Å²) in [4.78, 5) is 23.3. The van der Waals surface area contributed by atoms with Crippen LogP contribution in [-0.2, 0) is 16.0 Å². The van der Waals surface area contributed by atoms with E-state index >= 15 is 0 Å². The van der Waals surface area contributed by atoms with Gasteiger partial charge in [-0.15, -0.1) is 0 Å². The normalized spacial score (nSPS) is 11.5. The zero-order valence-corrected chi connectivity index (χ0v) is 11.0. The van der Waals surface area contributed by atoms with E-state index in [2.05, 4.69) is 20.5 Å². The van der Waals surface area contributed by atoms with Crippen LogP contribution < -0.4 is 5.32 Å². The molecule has 1 aromatic rings. The highest BCUT2D eigenvalue weighted by Gasteiger charge is 2.17. The average Bonchev–Trinajstić information content (AvgIpc) is 2.81. The van der Waals surface area contributed by atoms with E-state index in [-0.39, 0.29) is 6.47 Å². The second-order valence-electron chi connectivity index (χ2n) is 4.26. The minimum atomic E-state index is -0.800. The molecule has 0 aromatic carbocycles. The van der Waals surface area contributed by atoms with Crippen LogP contribution in [0.4, 0.5) is 0 Å². The zero-order chi connectivity index (χ0) is 14.7. The lowest BCUT2D eigenvalue weighted by molar-refractivity contribution is -0.139. The lowest BCUT2D eigenvalue weighted by Crippen LogP contribution is -2.38. The molecule has 8 nitrogen and oxygen atoms in total. The van der Waals surface area contributed by atoms with Crippen LogP contribution in [0.3, 0.4) is 0 Å². The molecule has 1 atom stereocenters. The van der Waals surface area contributed by atoms with Crippen LogP contribution >= 0.6 is 0 Å². The Hall–Kier alpha value is -1.96. The van der Waals surface area contributed by atoms with Crippen molar-refractivity contribution in [1.29, 1.82) is 0 Å². The van der Waals surface area contributed by atoms with Crippen molar-refractivity contribution >= 4 is 12.4 Å². The maximum Gasteiger partial charge on any atom is 0.320 e. The van der Waals surface area contributed by atoms with Crippen molar-refractivity contribution in [2.45, 2.75) is 32.7 Å². The Morgan fingerprint density at radius 1 is 1.58 bits per heavy atom. The van der Waals surface area contributed by atoms with Crippen molar-refractivity contribution in [3.8, 4) is 0 Å². The molecule has 0 aliphatic heterocycles. The molecule has 1 rings (SSSR count). The van der Waals surface area contributed by atoms with Crippen molar-refractivity contribution in [2.24, 2.45) is 5.92 Å². The van der Waals surface area contributed by atoms with Gasteiger partial charge in [-0.3, -0.25) is 14.7 Å². The summed E-state index contributed by atoms with van der Waals surface area (Å²) in [7, 11) is 0. The molecule has 0 spiro atoms. The Morgan fingerprint density at radius 3 is 2.63 bits per heavy atom. The number of H-pyrrole nitrogens is 1. The van der Waals surface area contributed by atoms with Crippen molar-refractivity contribution in [1.82, 2.24) is 20.5 Å². The molecule has 0 saturated carbocycles. The van der Waals surface area contributed by atoms with Crippen molar-refractivity contribution in [2.75, 3.05) is 6.54 Å². The van der Waals surface area contributed by atoms with Crippen molar-refractivity contribution in [3.05, 3.63) is 12.2 Å². The number of aromatic nitrogens is 3. The third-order valence-electron chi connectivity index (χ3n) is 2.22. The van der Waals surface area contributed by atoms with Crippen molar-refractivity contribution < 1.29 is 19.8 Å². The summed E-state index contributed by atoms with van der Waals surface area (Å²) in [6, 6.07) is -0.483. The number of aliphatic carboxylic acids is 1. The Labute approximate surface area is 111 Å². The highest BCUT2D eigenvalue weighted by Crippen LogP contribution is 2.04. The maximum absolute atomic E-state index is 10.9. The molecule has 0 saturated heterocycles. The van der Waals surface area contributed by atoms with Gasteiger partial charge in [-0.25, -0.2) is 4.98 Å². The zero-order valence-electron chi connectivity index (χ0n) is 11.0. The lowest BCUT2D eigenvalue weighted by Gasteiger charge is -2.15. The van der Waals surface area contributed by atoms with Crippen molar-refractivity contribution in [3.63, 3.8) is 0 Å². The number of nitrogens with one attached hydrogen (secondary N) is 2. The smallest absolute Gasteiger partial charge is 0.320 e. The molecule has 108 valence electrons. The van der Waals surface area contributed by atoms with Crippen LogP contribution in [0.5, 0.6) is 0 Å². The number of hydrogen-bond donors (Lipinski definition) is 4. The van der Waals surface area contributed by atoms with Crippen LogP contribution in [-0.4, -0.2) is 50.4 Å². The first-order valence-corrected chi connectivity index (χ1v) is 5.89. The number of carboxylic acid groups (broad SMARTS) is 2. The molecule has 1 unspecified atom stereocenters. The number of carboxylic acids is 1. The SMILES string of the molecule is CC(C)CC(NCCc1ncn[nH]1)C(=O)O.O=CO. The summed E-state index contributed by atoms with van der Waals surface area (Å²) in [5, 5.41) is 25.3. The summed E-state index contributed by atoms with van der Waals surface area (Å²) in [5.74, 6) is 0.325. The quantitative estimate of drug-likeness (QED) is 0.519. The number of carbonyl (C=O) groups is 2. The topological polar surface area (TPSA) is 128 Å². The summed E-state index contributed by atoms with van der Waals surface area (Å²) in [6.07, 6.45) is 2.73. The van der Waals surface area contributed by atoms with E-state index in [1.54, 1.807) is 0 Å². The minimum Gasteiger partial charge on any atom is -0.483 e. The van der Waals surface area contributed by atoms with Gasteiger partial charge in [-0.1, -0.05) is 13.8 Å². The highest BCUT2D eigenvalue weighted by atomic mass is 16.4. The van der Waals surface area contributed by atoms with Crippen LogP contribution in [0.15, 0.2) is 6.33 Å². The van der Waals surface area contributed by atoms with E-state index in [0.717, 1.165) is 5.82 Å². The minimum absolute atomic E-state index is 0.250. The van der Waals surface area contributed by atoms with Gasteiger partial charge in [0.2, 0.25) is 0 Å². The molecule has 19 heavy (non-hydrogen) atoms. The van der Waals surface area contributed by atoms with Gasteiger partial charge < -0.3 is 15.5 Å². The second kappa shape index (κ2) is 10.0. The lowest BCUT2D eigenvalue weighted by atomic mass is 10.0. The highest BCUT2D eigenvalue weighted by molar-refractivity contribution is 5.73. The predicted molar refractivity (Wildman–Crippen MR) is 67.7 cm³/mol.